The average molecular weight is 448 g/mol. The largest absolute Gasteiger partial charge is 0.495 e. The molecule has 0 unspecified atom stereocenters. The maximum atomic E-state index is 12.6. The normalized spacial score (nSPS) is 13.6. The van der Waals surface area contributed by atoms with Crippen molar-refractivity contribution in [2.24, 2.45) is 0 Å². The van der Waals surface area contributed by atoms with Gasteiger partial charge in [0, 0.05) is 35.8 Å². The van der Waals surface area contributed by atoms with Crippen molar-refractivity contribution in [3.05, 3.63) is 64.4 Å². The summed E-state index contributed by atoms with van der Waals surface area (Å²) in [5.41, 5.74) is 1.20. The summed E-state index contributed by atoms with van der Waals surface area (Å²) in [6.07, 6.45) is 3.56. The third-order valence-corrected chi connectivity index (χ3v) is 5.52. The highest BCUT2D eigenvalue weighted by Crippen LogP contribution is 2.33. The van der Waals surface area contributed by atoms with Crippen LogP contribution < -0.4 is 25.7 Å². The van der Waals surface area contributed by atoms with Crippen LogP contribution in [0.5, 0.6) is 5.75 Å². The van der Waals surface area contributed by atoms with Crippen LogP contribution in [0.25, 0.3) is 10.9 Å². The standard InChI is InChI=1S/C24H24N4O5/c1-33-20-10-9-15(12-19(20)28-11-5-4-8-22(28)30)27-21(29)14-26-24(32)17-13-25-18-7-3-2-6-16(18)23(17)31/h2-3,6-7,9-10,12-13H,4-5,8,11,14H2,1H3,(H,25,31)(H,26,32)(H,27,29). The van der Waals surface area contributed by atoms with Gasteiger partial charge >= 0.3 is 0 Å². The molecule has 1 aromatic heterocycles. The van der Waals surface area contributed by atoms with E-state index in [1.807, 2.05) is 0 Å². The van der Waals surface area contributed by atoms with Crippen molar-refractivity contribution in [1.29, 1.82) is 0 Å². The van der Waals surface area contributed by atoms with Gasteiger partial charge in [-0.3, -0.25) is 19.2 Å². The highest BCUT2D eigenvalue weighted by Gasteiger charge is 2.23. The number of hydrogen-bond donors (Lipinski definition) is 3. The van der Waals surface area contributed by atoms with Crippen molar-refractivity contribution in [1.82, 2.24) is 10.3 Å². The average Bonchev–Trinajstić information content (AvgIpc) is 2.83. The molecule has 3 aromatic rings. The number of rotatable bonds is 6. The first-order valence-electron chi connectivity index (χ1n) is 10.6. The van der Waals surface area contributed by atoms with Gasteiger partial charge in [-0.2, -0.15) is 0 Å². The number of methoxy groups -OCH3 is 1. The zero-order valence-corrected chi connectivity index (χ0v) is 18.1. The van der Waals surface area contributed by atoms with E-state index in [4.69, 9.17) is 4.74 Å². The van der Waals surface area contributed by atoms with Gasteiger partial charge in [-0.25, -0.2) is 0 Å². The first-order valence-corrected chi connectivity index (χ1v) is 10.6. The van der Waals surface area contributed by atoms with Gasteiger partial charge in [0.15, 0.2) is 0 Å². The molecule has 0 radical (unpaired) electrons. The number of H-pyrrole nitrogens is 1. The Bertz CT molecular complexity index is 1280. The molecule has 1 fully saturated rings. The fraction of sp³-hybridized carbons (Fsp3) is 0.250. The number of anilines is 2. The van der Waals surface area contributed by atoms with Crippen LogP contribution >= 0.6 is 0 Å². The molecule has 1 saturated heterocycles. The summed E-state index contributed by atoms with van der Waals surface area (Å²) >= 11 is 0. The van der Waals surface area contributed by atoms with Crippen LogP contribution in [0, 0.1) is 0 Å². The van der Waals surface area contributed by atoms with Crippen molar-refractivity contribution in [2.75, 3.05) is 30.4 Å². The second-order valence-corrected chi connectivity index (χ2v) is 7.70. The van der Waals surface area contributed by atoms with Gasteiger partial charge in [-0.15, -0.1) is 0 Å². The molecule has 0 bridgehead atoms. The number of carbonyl (C=O) groups is 3. The van der Waals surface area contributed by atoms with E-state index in [1.54, 1.807) is 47.4 Å². The monoisotopic (exact) mass is 448 g/mol. The molecule has 170 valence electrons. The van der Waals surface area contributed by atoms with Gasteiger partial charge in [-0.05, 0) is 43.2 Å². The van der Waals surface area contributed by atoms with Crippen LogP contribution in [0.15, 0.2) is 53.5 Å². The molecule has 3 amide bonds. The number of amides is 3. The van der Waals surface area contributed by atoms with E-state index in [1.165, 1.54) is 13.3 Å². The molecule has 4 rings (SSSR count). The van der Waals surface area contributed by atoms with Crippen LogP contribution in [-0.2, 0) is 9.59 Å². The molecule has 2 aromatic carbocycles. The smallest absolute Gasteiger partial charge is 0.257 e. The summed E-state index contributed by atoms with van der Waals surface area (Å²) in [6.45, 7) is 0.262. The molecule has 33 heavy (non-hydrogen) atoms. The molecule has 0 saturated carbocycles. The van der Waals surface area contributed by atoms with Crippen LogP contribution in [0.1, 0.15) is 29.6 Å². The summed E-state index contributed by atoms with van der Waals surface area (Å²) in [5.74, 6) is -0.573. The Balaban J connectivity index is 1.43. The summed E-state index contributed by atoms with van der Waals surface area (Å²) in [5, 5.41) is 5.57. The Kier molecular flexibility index (Phi) is 6.39. The molecule has 2 heterocycles. The Morgan fingerprint density at radius 1 is 1.12 bits per heavy atom. The van der Waals surface area contributed by atoms with Crippen LogP contribution in [0.2, 0.25) is 0 Å². The predicted octanol–water partition coefficient (Wildman–Crippen LogP) is 2.42. The quantitative estimate of drug-likeness (QED) is 0.535. The lowest BCUT2D eigenvalue weighted by Crippen LogP contribution is -2.36. The predicted molar refractivity (Wildman–Crippen MR) is 125 cm³/mol. The number of para-hydroxylation sites is 1. The zero-order valence-electron chi connectivity index (χ0n) is 18.1. The summed E-state index contributed by atoms with van der Waals surface area (Å²) in [4.78, 5) is 54.4. The third-order valence-electron chi connectivity index (χ3n) is 5.52. The SMILES string of the molecule is COc1ccc(NC(=O)CNC(=O)c2c[nH]c3ccccc3c2=O)cc1N1CCCCC1=O. The number of hydrogen-bond acceptors (Lipinski definition) is 5. The molecule has 9 nitrogen and oxygen atoms in total. The second kappa shape index (κ2) is 9.56. The fourth-order valence-electron chi connectivity index (χ4n) is 3.84. The number of carbonyl (C=O) groups excluding carboxylic acids is 3. The summed E-state index contributed by atoms with van der Waals surface area (Å²) < 4.78 is 5.38. The van der Waals surface area contributed by atoms with Gasteiger partial charge in [-0.1, -0.05) is 12.1 Å². The number of nitrogens with one attached hydrogen (secondary N) is 3. The highest BCUT2D eigenvalue weighted by atomic mass is 16.5. The fourth-order valence-corrected chi connectivity index (χ4v) is 3.84. The number of piperidine rings is 1. The number of fused-ring (bicyclic) bond motifs is 1. The van der Waals surface area contributed by atoms with E-state index < -0.39 is 17.2 Å². The first-order chi connectivity index (χ1) is 16.0. The number of aromatic amines is 1. The first kappa shape index (κ1) is 22.1. The number of benzene rings is 2. The van der Waals surface area contributed by atoms with Gasteiger partial charge < -0.3 is 25.3 Å². The zero-order chi connectivity index (χ0) is 23.4. The number of nitrogens with zero attached hydrogens (tertiary/aromatic N) is 1. The van der Waals surface area contributed by atoms with E-state index in [0.29, 0.717) is 41.0 Å². The molecule has 3 N–H and O–H groups in total. The number of ether oxygens (including phenoxy) is 1. The molecular formula is C24H24N4O5. The van der Waals surface area contributed by atoms with Gasteiger partial charge in [0.1, 0.15) is 11.3 Å². The van der Waals surface area contributed by atoms with Crippen LogP contribution in [0.4, 0.5) is 11.4 Å². The molecule has 0 atom stereocenters. The molecule has 0 spiro atoms. The van der Waals surface area contributed by atoms with Gasteiger partial charge in [0.2, 0.25) is 17.2 Å². The minimum Gasteiger partial charge on any atom is -0.495 e. The lowest BCUT2D eigenvalue weighted by atomic mass is 10.1. The Labute approximate surface area is 189 Å². The Morgan fingerprint density at radius 2 is 1.94 bits per heavy atom. The Morgan fingerprint density at radius 3 is 2.73 bits per heavy atom. The molecule has 9 heteroatoms. The lowest BCUT2D eigenvalue weighted by molar-refractivity contribution is -0.119. The number of pyridine rings is 1. The van der Waals surface area contributed by atoms with E-state index >= 15 is 0 Å². The summed E-state index contributed by atoms with van der Waals surface area (Å²) in [7, 11) is 1.52. The van der Waals surface area contributed by atoms with Crippen molar-refractivity contribution < 1.29 is 19.1 Å². The van der Waals surface area contributed by atoms with E-state index in [0.717, 1.165) is 12.8 Å². The number of aromatic nitrogens is 1. The summed E-state index contributed by atoms with van der Waals surface area (Å²) in [6, 6.07) is 11.9. The minimum absolute atomic E-state index is 0.0101. The molecular weight excluding hydrogens is 424 g/mol. The third kappa shape index (κ3) is 4.72. The maximum absolute atomic E-state index is 12.6. The van der Waals surface area contributed by atoms with Crippen molar-refractivity contribution in [3.8, 4) is 5.75 Å². The molecule has 0 aliphatic carbocycles. The van der Waals surface area contributed by atoms with Crippen molar-refractivity contribution in [2.45, 2.75) is 19.3 Å². The van der Waals surface area contributed by atoms with Crippen LogP contribution in [-0.4, -0.2) is 42.9 Å². The lowest BCUT2D eigenvalue weighted by Gasteiger charge is -2.28. The van der Waals surface area contributed by atoms with Crippen molar-refractivity contribution in [3.63, 3.8) is 0 Å². The topological polar surface area (TPSA) is 121 Å². The maximum Gasteiger partial charge on any atom is 0.257 e. The van der Waals surface area contributed by atoms with E-state index in [-0.39, 0.29) is 18.0 Å². The van der Waals surface area contributed by atoms with Gasteiger partial charge in [0.25, 0.3) is 5.91 Å². The molecule has 1 aliphatic heterocycles. The van der Waals surface area contributed by atoms with Gasteiger partial charge in [0.05, 0.1) is 19.3 Å². The van der Waals surface area contributed by atoms with E-state index in [9.17, 15) is 19.2 Å². The van der Waals surface area contributed by atoms with Crippen LogP contribution in [0.3, 0.4) is 0 Å². The minimum atomic E-state index is -0.647. The van der Waals surface area contributed by atoms with Crippen molar-refractivity contribution >= 4 is 40.0 Å². The molecule has 1 aliphatic rings. The Hall–Kier alpha value is -4.14. The highest BCUT2D eigenvalue weighted by molar-refractivity contribution is 6.01. The second-order valence-electron chi connectivity index (χ2n) is 7.70. The van der Waals surface area contributed by atoms with E-state index in [2.05, 4.69) is 15.6 Å².